The second kappa shape index (κ2) is 5.53. The van der Waals surface area contributed by atoms with E-state index >= 15 is 0 Å². The maximum Gasteiger partial charge on any atom is 0.136 e. The number of rotatable bonds is 3. The number of nitrogens with zero attached hydrogens (tertiary/aromatic N) is 3. The molecule has 0 saturated carbocycles. The molecule has 0 radical (unpaired) electrons. The van der Waals surface area contributed by atoms with Crippen molar-refractivity contribution in [2.24, 2.45) is 0 Å². The van der Waals surface area contributed by atoms with Crippen molar-refractivity contribution >= 4 is 0 Å². The molecule has 1 aromatic carbocycles. The summed E-state index contributed by atoms with van der Waals surface area (Å²) in [6, 6.07) is 10.0. The van der Waals surface area contributed by atoms with E-state index in [1.807, 2.05) is 12.1 Å². The van der Waals surface area contributed by atoms with Crippen molar-refractivity contribution in [1.82, 2.24) is 4.90 Å². The number of benzene rings is 1. The number of likely N-dealkylation sites (tertiary alicyclic amines) is 1. The second-order valence-corrected chi connectivity index (χ2v) is 4.40. The van der Waals surface area contributed by atoms with Gasteiger partial charge in [0, 0.05) is 6.54 Å². The van der Waals surface area contributed by atoms with Crippen LogP contribution in [0.2, 0.25) is 0 Å². The van der Waals surface area contributed by atoms with Crippen molar-refractivity contribution in [3.8, 4) is 17.9 Å². The largest absolute Gasteiger partial charge is 0.495 e. The minimum Gasteiger partial charge on any atom is -0.495 e. The fraction of sp³-hybridized carbons (Fsp3) is 0.429. The van der Waals surface area contributed by atoms with Crippen molar-refractivity contribution in [2.75, 3.05) is 13.7 Å². The Bertz CT molecular complexity index is 513. The SMILES string of the molecule is COc1cc(CN2CCCC2C#N)ccc1C#N. The van der Waals surface area contributed by atoms with Gasteiger partial charge in [0.1, 0.15) is 11.8 Å². The Morgan fingerprint density at radius 1 is 1.44 bits per heavy atom. The van der Waals surface area contributed by atoms with Crippen molar-refractivity contribution in [3.05, 3.63) is 29.3 Å². The number of methoxy groups -OCH3 is 1. The first-order valence-corrected chi connectivity index (χ1v) is 5.99. The standard InChI is InChI=1S/C14H15N3O/c1-18-14-7-11(4-5-12(14)8-15)10-17-6-2-3-13(17)9-16/h4-5,7,13H,2-3,6,10H2,1H3. The van der Waals surface area contributed by atoms with Crippen LogP contribution in [0.25, 0.3) is 0 Å². The van der Waals surface area contributed by atoms with Crippen LogP contribution >= 0.6 is 0 Å². The molecular weight excluding hydrogens is 226 g/mol. The summed E-state index contributed by atoms with van der Waals surface area (Å²) in [5, 5.41) is 18.0. The molecule has 0 N–H and O–H groups in total. The van der Waals surface area contributed by atoms with Gasteiger partial charge >= 0.3 is 0 Å². The highest BCUT2D eigenvalue weighted by Crippen LogP contribution is 2.23. The Morgan fingerprint density at radius 2 is 2.28 bits per heavy atom. The predicted molar refractivity (Wildman–Crippen MR) is 66.8 cm³/mol. The van der Waals surface area contributed by atoms with Crippen molar-refractivity contribution in [1.29, 1.82) is 10.5 Å². The van der Waals surface area contributed by atoms with E-state index in [1.165, 1.54) is 0 Å². The third-order valence-corrected chi connectivity index (χ3v) is 3.28. The molecule has 0 aliphatic carbocycles. The molecule has 0 bridgehead atoms. The first-order chi connectivity index (χ1) is 8.78. The number of hydrogen-bond donors (Lipinski definition) is 0. The van der Waals surface area contributed by atoms with Gasteiger partial charge in [-0.05, 0) is 37.1 Å². The Morgan fingerprint density at radius 3 is 2.94 bits per heavy atom. The topological polar surface area (TPSA) is 60.0 Å². The predicted octanol–water partition coefficient (Wildman–Crippen LogP) is 2.05. The molecule has 2 rings (SSSR count). The summed E-state index contributed by atoms with van der Waals surface area (Å²) in [6.45, 7) is 1.70. The molecule has 0 spiro atoms. The molecule has 4 nitrogen and oxygen atoms in total. The summed E-state index contributed by atoms with van der Waals surface area (Å²) in [5.74, 6) is 0.600. The van der Waals surface area contributed by atoms with Gasteiger partial charge in [0.15, 0.2) is 0 Å². The fourth-order valence-electron chi connectivity index (χ4n) is 2.32. The van der Waals surface area contributed by atoms with Crippen LogP contribution in [0, 0.1) is 22.7 Å². The molecular formula is C14H15N3O. The molecule has 0 aromatic heterocycles. The first-order valence-electron chi connectivity index (χ1n) is 5.99. The highest BCUT2D eigenvalue weighted by atomic mass is 16.5. The lowest BCUT2D eigenvalue weighted by atomic mass is 10.1. The molecule has 1 aliphatic heterocycles. The summed E-state index contributed by atoms with van der Waals surface area (Å²) in [7, 11) is 1.56. The summed E-state index contributed by atoms with van der Waals surface area (Å²) < 4.78 is 5.19. The number of ether oxygens (including phenoxy) is 1. The van der Waals surface area contributed by atoms with E-state index in [2.05, 4.69) is 17.0 Å². The van der Waals surface area contributed by atoms with Gasteiger partial charge in [-0.15, -0.1) is 0 Å². The van der Waals surface area contributed by atoms with Crippen LogP contribution in [0.1, 0.15) is 24.0 Å². The molecule has 1 aliphatic rings. The normalized spacial score (nSPS) is 19.2. The van der Waals surface area contributed by atoms with Crippen LogP contribution in [0.3, 0.4) is 0 Å². The minimum atomic E-state index is 0.0200. The van der Waals surface area contributed by atoms with Gasteiger partial charge in [-0.1, -0.05) is 6.07 Å². The number of nitriles is 2. The van der Waals surface area contributed by atoms with Crippen molar-refractivity contribution in [3.63, 3.8) is 0 Å². The van der Waals surface area contributed by atoms with E-state index in [0.717, 1.165) is 31.5 Å². The van der Waals surface area contributed by atoms with Crippen LogP contribution in [-0.4, -0.2) is 24.6 Å². The van der Waals surface area contributed by atoms with E-state index in [1.54, 1.807) is 13.2 Å². The van der Waals surface area contributed by atoms with Crippen LogP contribution in [0.15, 0.2) is 18.2 Å². The molecule has 1 unspecified atom stereocenters. The minimum absolute atomic E-state index is 0.0200. The third-order valence-electron chi connectivity index (χ3n) is 3.28. The lowest BCUT2D eigenvalue weighted by Gasteiger charge is -2.19. The van der Waals surface area contributed by atoms with Gasteiger partial charge in [-0.25, -0.2) is 0 Å². The fourth-order valence-corrected chi connectivity index (χ4v) is 2.32. The van der Waals surface area contributed by atoms with Gasteiger partial charge in [0.25, 0.3) is 0 Å². The second-order valence-electron chi connectivity index (χ2n) is 4.40. The van der Waals surface area contributed by atoms with Crippen LogP contribution < -0.4 is 4.74 Å². The maximum atomic E-state index is 9.04. The summed E-state index contributed by atoms with van der Waals surface area (Å²) in [5.41, 5.74) is 1.62. The smallest absolute Gasteiger partial charge is 0.136 e. The van der Waals surface area contributed by atoms with Gasteiger partial charge in [-0.2, -0.15) is 10.5 Å². The molecule has 0 amide bonds. The Balaban J connectivity index is 2.15. The molecule has 1 heterocycles. The summed E-state index contributed by atoms with van der Waals surface area (Å²) in [6.07, 6.45) is 2.02. The summed E-state index contributed by atoms with van der Waals surface area (Å²) in [4.78, 5) is 2.17. The lowest BCUT2D eigenvalue weighted by Crippen LogP contribution is -2.27. The Kier molecular flexibility index (Phi) is 3.82. The zero-order chi connectivity index (χ0) is 13.0. The van der Waals surface area contributed by atoms with Gasteiger partial charge in [-0.3, -0.25) is 4.90 Å². The maximum absolute atomic E-state index is 9.04. The van der Waals surface area contributed by atoms with Crippen molar-refractivity contribution < 1.29 is 4.74 Å². The average molecular weight is 241 g/mol. The van der Waals surface area contributed by atoms with E-state index in [0.29, 0.717) is 11.3 Å². The lowest BCUT2D eigenvalue weighted by molar-refractivity contribution is 0.286. The van der Waals surface area contributed by atoms with Crippen LogP contribution in [-0.2, 0) is 6.54 Å². The van der Waals surface area contributed by atoms with Gasteiger partial charge < -0.3 is 4.74 Å². The van der Waals surface area contributed by atoms with E-state index in [9.17, 15) is 0 Å². The quantitative estimate of drug-likeness (QED) is 0.812. The monoisotopic (exact) mass is 241 g/mol. The Hall–Kier alpha value is -2.04. The Labute approximate surface area is 107 Å². The zero-order valence-corrected chi connectivity index (χ0v) is 10.4. The highest BCUT2D eigenvalue weighted by molar-refractivity contribution is 5.45. The molecule has 1 saturated heterocycles. The highest BCUT2D eigenvalue weighted by Gasteiger charge is 2.24. The van der Waals surface area contributed by atoms with Gasteiger partial charge in [0.2, 0.25) is 0 Å². The average Bonchev–Trinajstić information content (AvgIpc) is 2.85. The molecule has 1 fully saturated rings. The number of hydrogen-bond acceptors (Lipinski definition) is 4. The molecule has 1 atom stereocenters. The zero-order valence-electron chi connectivity index (χ0n) is 10.4. The van der Waals surface area contributed by atoms with E-state index in [4.69, 9.17) is 15.3 Å². The summed E-state index contributed by atoms with van der Waals surface area (Å²) >= 11 is 0. The van der Waals surface area contributed by atoms with E-state index < -0.39 is 0 Å². The van der Waals surface area contributed by atoms with Crippen molar-refractivity contribution in [2.45, 2.75) is 25.4 Å². The molecule has 4 heteroatoms. The first kappa shape index (κ1) is 12.4. The van der Waals surface area contributed by atoms with E-state index in [-0.39, 0.29) is 6.04 Å². The third kappa shape index (κ3) is 2.45. The van der Waals surface area contributed by atoms with Crippen LogP contribution in [0.5, 0.6) is 5.75 Å². The van der Waals surface area contributed by atoms with Crippen LogP contribution in [0.4, 0.5) is 0 Å². The molecule has 1 aromatic rings. The van der Waals surface area contributed by atoms with Gasteiger partial charge in [0.05, 0.1) is 24.8 Å². The molecule has 18 heavy (non-hydrogen) atoms. The molecule has 92 valence electrons.